The summed E-state index contributed by atoms with van der Waals surface area (Å²) in [4.78, 5) is 12.5. The van der Waals surface area contributed by atoms with Crippen LogP contribution in [-0.4, -0.2) is 11.7 Å². The Hall–Kier alpha value is -1.74. The monoisotopic (exact) mass is 381 g/mol. The van der Waals surface area contributed by atoms with E-state index in [1.807, 2.05) is 0 Å². The Kier molecular flexibility index (Phi) is 7.01. The van der Waals surface area contributed by atoms with Gasteiger partial charge in [0, 0.05) is 5.75 Å². The summed E-state index contributed by atoms with van der Waals surface area (Å²) < 4.78 is 0. The minimum Gasteiger partial charge on any atom is -0.349 e. The van der Waals surface area contributed by atoms with Crippen molar-refractivity contribution in [1.29, 1.82) is 0 Å². The molecule has 0 saturated carbocycles. The van der Waals surface area contributed by atoms with E-state index in [4.69, 9.17) is 0 Å². The molecule has 1 N–H and O–H groups in total. The topological polar surface area (TPSA) is 29.1 Å². The van der Waals surface area contributed by atoms with Gasteiger partial charge in [0.1, 0.15) is 0 Å². The minimum atomic E-state index is 0.117. The predicted molar refractivity (Wildman–Crippen MR) is 116 cm³/mol. The van der Waals surface area contributed by atoms with Crippen LogP contribution >= 0.6 is 11.8 Å². The highest BCUT2D eigenvalue weighted by molar-refractivity contribution is 7.99. The van der Waals surface area contributed by atoms with E-state index in [1.54, 1.807) is 11.8 Å². The second kappa shape index (κ2) is 9.45. The normalized spacial score (nSPS) is 14.5. The third-order valence-corrected chi connectivity index (χ3v) is 6.31. The first-order valence-electron chi connectivity index (χ1n) is 10.1. The van der Waals surface area contributed by atoms with Crippen LogP contribution < -0.4 is 5.32 Å². The van der Waals surface area contributed by atoms with Crippen LogP contribution in [0.15, 0.2) is 36.4 Å². The van der Waals surface area contributed by atoms with Crippen LogP contribution in [0.4, 0.5) is 0 Å². The zero-order valence-corrected chi connectivity index (χ0v) is 17.6. The maximum atomic E-state index is 12.5. The highest BCUT2D eigenvalue weighted by Crippen LogP contribution is 2.26. The molecule has 2 aromatic carbocycles. The molecule has 0 bridgehead atoms. The molecule has 1 amide bonds. The van der Waals surface area contributed by atoms with Crippen molar-refractivity contribution in [2.75, 3.05) is 5.75 Å². The first kappa shape index (κ1) is 20.0. The van der Waals surface area contributed by atoms with Gasteiger partial charge in [-0.15, -0.1) is 11.8 Å². The summed E-state index contributed by atoms with van der Waals surface area (Å²) in [5.74, 6) is 1.52. The lowest BCUT2D eigenvalue weighted by Gasteiger charge is -2.21. The molecular weight excluding hydrogens is 350 g/mol. The maximum Gasteiger partial charge on any atom is 0.230 e. The molecule has 1 atom stereocenters. The van der Waals surface area contributed by atoms with Gasteiger partial charge in [-0.1, -0.05) is 54.4 Å². The van der Waals surface area contributed by atoms with Crippen molar-refractivity contribution in [1.82, 2.24) is 5.32 Å². The second-order valence-corrected chi connectivity index (χ2v) is 8.74. The fourth-order valence-corrected chi connectivity index (χ4v) is 4.81. The third-order valence-electron chi connectivity index (χ3n) is 5.30. The van der Waals surface area contributed by atoms with Crippen LogP contribution in [0, 0.1) is 13.8 Å². The number of rotatable bonds is 7. The molecule has 0 unspecified atom stereocenters. The summed E-state index contributed by atoms with van der Waals surface area (Å²) >= 11 is 1.69. The molecule has 0 fully saturated rings. The number of fused-ring (bicyclic) bond motifs is 1. The predicted octanol–water partition coefficient (Wildman–Crippen LogP) is 5.68. The number of benzene rings is 2. The van der Waals surface area contributed by atoms with E-state index in [1.165, 1.54) is 59.1 Å². The lowest BCUT2D eigenvalue weighted by molar-refractivity contribution is -0.119. The number of carbonyl (C=O) groups excluding carboxylic acids is 1. The Morgan fingerprint density at radius 3 is 2.44 bits per heavy atom. The van der Waals surface area contributed by atoms with Crippen molar-refractivity contribution in [2.24, 2.45) is 0 Å². The molecule has 0 radical (unpaired) electrons. The van der Waals surface area contributed by atoms with Crippen LogP contribution in [0.1, 0.15) is 65.6 Å². The van der Waals surface area contributed by atoms with Crippen LogP contribution in [0.5, 0.6) is 0 Å². The van der Waals surface area contributed by atoms with E-state index in [0.29, 0.717) is 5.75 Å². The molecule has 3 heteroatoms. The quantitative estimate of drug-likeness (QED) is 0.668. The molecule has 0 heterocycles. The smallest absolute Gasteiger partial charge is 0.230 e. The van der Waals surface area contributed by atoms with Gasteiger partial charge in [-0.25, -0.2) is 0 Å². The van der Waals surface area contributed by atoms with E-state index in [0.717, 1.165) is 12.2 Å². The molecule has 0 aromatic heterocycles. The number of carbonyl (C=O) groups is 1. The molecular formula is C24H31NOS. The number of nitrogens with one attached hydrogen (secondary N) is 1. The summed E-state index contributed by atoms with van der Waals surface area (Å²) in [6.45, 7) is 6.39. The van der Waals surface area contributed by atoms with E-state index < -0.39 is 0 Å². The van der Waals surface area contributed by atoms with Gasteiger partial charge in [0.15, 0.2) is 0 Å². The minimum absolute atomic E-state index is 0.117. The Balaban J connectivity index is 1.54. The number of aryl methyl sites for hydroxylation is 4. The van der Waals surface area contributed by atoms with Crippen LogP contribution in [-0.2, 0) is 23.4 Å². The molecule has 0 aliphatic heterocycles. The van der Waals surface area contributed by atoms with Gasteiger partial charge >= 0.3 is 0 Å². The molecule has 1 aliphatic rings. The molecule has 1 aliphatic carbocycles. The Morgan fingerprint density at radius 2 is 1.74 bits per heavy atom. The highest BCUT2D eigenvalue weighted by atomic mass is 32.2. The fraction of sp³-hybridized carbons (Fsp3) is 0.458. The summed E-state index contributed by atoms with van der Waals surface area (Å²) in [5, 5.41) is 3.24. The Labute approximate surface area is 168 Å². The molecule has 2 nitrogen and oxygen atoms in total. The number of hydrogen-bond acceptors (Lipinski definition) is 2. The highest BCUT2D eigenvalue weighted by Gasteiger charge is 2.16. The van der Waals surface area contributed by atoms with Crippen LogP contribution in [0.3, 0.4) is 0 Å². The first-order chi connectivity index (χ1) is 13.0. The van der Waals surface area contributed by atoms with Crippen molar-refractivity contribution in [2.45, 2.75) is 64.7 Å². The summed E-state index contributed by atoms with van der Waals surface area (Å²) in [5.41, 5.74) is 8.10. The van der Waals surface area contributed by atoms with Gasteiger partial charge in [0.25, 0.3) is 0 Å². The molecule has 27 heavy (non-hydrogen) atoms. The van der Waals surface area contributed by atoms with Gasteiger partial charge in [-0.05, 0) is 68.2 Å². The lowest BCUT2D eigenvalue weighted by Crippen LogP contribution is -2.29. The van der Waals surface area contributed by atoms with Gasteiger partial charge in [0.2, 0.25) is 5.91 Å². The average molecular weight is 382 g/mol. The van der Waals surface area contributed by atoms with Crippen molar-refractivity contribution >= 4 is 17.7 Å². The van der Waals surface area contributed by atoms with Gasteiger partial charge < -0.3 is 5.32 Å². The second-order valence-electron chi connectivity index (χ2n) is 7.75. The van der Waals surface area contributed by atoms with Crippen molar-refractivity contribution in [3.63, 3.8) is 0 Å². The largest absolute Gasteiger partial charge is 0.349 e. The lowest BCUT2D eigenvalue weighted by atomic mass is 9.89. The summed E-state index contributed by atoms with van der Waals surface area (Å²) in [6.07, 6.45) is 5.89. The standard InChI is InChI=1S/C24H31NOS/c1-4-23(22-10-9-20-7-5-6-8-21(20)14-22)25-24(26)16-27-15-19-12-17(2)11-18(3)13-19/h9-14,23H,4-8,15-16H2,1-3H3,(H,25,26)/t23-/m0/s1. The first-order valence-corrected chi connectivity index (χ1v) is 11.3. The van der Waals surface area contributed by atoms with Crippen LogP contribution in [0.2, 0.25) is 0 Å². The van der Waals surface area contributed by atoms with E-state index in [-0.39, 0.29) is 11.9 Å². The summed E-state index contributed by atoms with van der Waals surface area (Å²) in [7, 11) is 0. The third kappa shape index (κ3) is 5.62. The van der Waals surface area contributed by atoms with Crippen molar-refractivity contribution in [3.05, 3.63) is 69.8 Å². The van der Waals surface area contributed by atoms with E-state index >= 15 is 0 Å². The van der Waals surface area contributed by atoms with Gasteiger partial charge in [-0.3, -0.25) is 4.79 Å². The fourth-order valence-electron chi connectivity index (χ4n) is 4.04. The van der Waals surface area contributed by atoms with Crippen molar-refractivity contribution < 1.29 is 4.79 Å². The molecule has 2 aromatic rings. The number of amides is 1. The van der Waals surface area contributed by atoms with E-state index in [9.17, 15) is 4.79 Å². The average Bonchev–Trinajstić information content (AvgIpc) is 2.65. The SMILES string of the molecule is CC[C@H](NC(=O)CSCc1cc(C)cc(C)c1)c1ccc2c(c1)CCCC2. The van der Waals surface area contributed by atoms with Crippen LogP contribution in [0.25, 0.3) is 0 Å². The molecule has 0 spiro atoms. The maximum absolute atomic E-state index is 12.5. The Bertz CT molecular complexity index is 779. The molecule has 0 saturated heterocycles. The summed E-state index contributed by atoms with van der Waals surface area (Å²) in [6, 6.07) is 13.5. The van der Waals surface area contributed by atoms with Gasteiger partial charge in [0.05, 0.1) is 11.8 Å². The molecule has 144 valence electrons. The zero-order chi connectivity index (χ0) is 19.2. The number of thioether (sulfide) groups is 1. The molecule has 3 rings (SSSR count). The Morgan fingerprint density at radius 1 is 1.04 bits per heavy atom. The zero-order valence-electron chi connectivity index (χ0n) is 16.8. The number of hydrogen-bond donors (Lipinski definition) is 1. The van der Waals surface area contributed by atoms with Gasteiger partial charge in [-0.2, -0.15) is 0 Å². The van der Waals surface area contributed by atoms with E-state index in [2.05, 4.69) is 62.5 Å². The van der Waals surface area contributed by atoms with Crippen molar-refractivity contribution in [3.8, 4) is 0 Å².